The first-order chi connectivity index (χ1) is 8.34. The highest BCUT2D eigenvalue weighted by Crippen LogP contribution is 2.43. The van der Waals surface area contributed by atoms with Crippen LogP contribution in [0.5, 0.6) is 0 Å². The van der Waals surface area contributed by atoms with Crippen LogP contribution < -0.4 is 5.32 Å². The van der Waals surface area contributed by atoms with E-state index in [9.17, 15) is 15.2 Å². The number of halogens is 1. The van der Waals surface area contributed by atoms with E-state index in [1.54, 1.807) is 12.1 Å². The number of aliphatic hydroxyl groups excluding tert-OH is 1. The van der Waals surface area contributed by atoms with Crippen molar-refractivity contribution in [1.82, 2.24) is 0 Å². The fourth-order valence-corrected chi connectivity index (χ4v) is 2.36. The molecule has 2 rings (SSSR count). The maximum Gasteiger partial charge on any atom is 0.289 e. The summed E-state index contributed by atoms with van der Waals surface area (Å²) in [5, 5.41) is 23.7. The van der Waals surface area contributed by atoms with E-state index in [1.165, 1.54) is 6.07 Å². The smallest absolute Gasteiger partial charge is 0.289 e. The van der Waals surface area contributed by atoms with Gasteiger partial charge in [0.2, 0.25) is 0 Å². The first kappa shape index (κ1) is 13.1. The summed E-state index contributed by atoms with van der Waals surface area (Å²) in [7, 11) is 0. The standard InChI is InChI=1S/C12H15ClN2O3/c1-12(2)9(6-10(12)16)14-7-4-3-5-8(11(7)13)15(17)18/h3-5,9-10,14,16H,6H2,1-2H3. The van der Waals surface area contributed by atoms with E-state index in [0.29, 0.717) is 12.1 Å². The van der Waals surface area contributed by atoms with Crippen molar-refractivity contribution < 1.29 is 10.0 Å². The molecule has 0 aliphatic heterocycles. The molecule has 1 aliphatic rings. The van der Waals surface area contributed by atoms with Crippen LogP contribution in [0.1, 0.15) is 20.3 Å². The molecule has 0 heterocycles. The third-order valence-electron chi connectivity index (χ3n) is 3.72. The minimum absolute atomic E-state index is 0.0620. The second-order valence-corrected chi connectivity index (χ2v) is 5.54. The molecule has 1 aromatic rings. The van der Waals surface area contributed by atoms with Crippen molar-refractivity contribution in [2.75, 3.05) is 5.32 Å². The Balaban J connectivity index is 2.21. The summed E-state index contributed by atoms with van der Waals surface area (Å²) >= 11 is 5.99. The van der Waals surface area contributed by atoms with E-state index >= 15 is 0 Å². The Morgan fingerprint density at radius 1 is 1.56 bits per heavy atom. The van der Waals surface area contributed by atoms with Crippen molar-refractivity contribution in [2.24, 2.45) is 5.41 Å². The van der Waals surface area contributed by atoms with E-state index in [1.807, 2.05) is 13.8 Å². The molecule has 1 fully saturated rings. The zero-order valence-electron chi connectivity index (χ0n) is 10.2. The van der Waals surface area contributed by atoms with Gasteiger partial charge in [0.15, 0.2) is 0 Å². The first-order valence-electron chi connectivity index (χ1n) is 5.71. The van der Waals surface area contributed by atoms with Gasteiger partial charge in [-0.15, -0.1) is 0 Å². The largest absolute Gasteiger partial charge is 0.392 e. The van der Waals surface area contributed by atoms with Gasteiger partial charge in [-0.2, -0.15) is 0 Å². The van der Waals surface area contributed by atoms with Gasteiger partial charge in [-0.05, 0) is 12.5 Å². The molecule has 0 aromatic heterocycles. The number of rotatable bonds is 3. The van der Waals surface area contributed by atoms with Crippen molar-refractivity contribution in [3.8, 4) is 0 Å². The van der Waals surface area contributed by atoms with E-state index in [0.717, 1.165) is 0 Å². The van der Waals surface area contributed by atoms with E-state index < -0.39 is 4.92 Å². The third-order valence-corrected chi connectivity index (χ3v) is 4.12. The van der Waals surface area contributed by atoms with Crippen molar-refractivity contribution >= 4 is 23.0 Å². The van der Waals surface area contributed by atoms with Gasteiger partial charge in [-0.1, -0.05) is 31.5 Å². The molecule has 0 bridgehead atoms. The topological polar surface area (TPSA) is 75.4 Å². The van der Waals surface area contributed by atoms with Crippen LogP contribution in [0, 0.1) is 15.5 Å². The lowest BCUT2D eigenvalue weighted by Crippen LogP contribution is -2.56. The number of benzene rings is 1. The van der Waals surface area contributed by atoms with Gasteiger partial charge in [-0.3, -0.25) is 10.1 Å². The molecule has 6 heteroatoms. The molecular formula is C12H15ClN2O3. The zero-order valence-corrected chi connectivity index (χ0v) is 10.9. The Kier molecular flexibility index (Phi) is 3.21. The Morgan fingerprint density at radius 3 is 2.72 bits per heavy atom. The van der Waals surface area contributed by atoms with Gasteiger partial charge in [0, 0.05) is 17.5 Å². The van der Waals surface area contributed by atoms with Gasteiger partial charge in [0.1, 0.15) is 5.02 Å². The number of nitrogens with zero attached hydrogens (tertiary/aromatic N) is 1. The summed E-state index contributed by atoms with van der Waals surface area (Å²) in [5.41, 5.74) is 0.170. The van der Waals surface area contributed by atoms with E-state index in [-0.39, 0.29) is 28.3 Å². The molecule has 2 unspecified atom stereocenters. The van der Waals surface area contributed by atoms with Crippen LogP contribution in [0.2, 0.25) is 5.02 Å². The average Bonchev–Trinajstić information content (AvgIpc) is 2.30. The molecule has 2 atom stereocenters. The second-order valence-electron chi connectivity index (χ2n) is 5.17. The van der Waals surface area contributed by atoms with Crippen LogP contribution in [-0.2, 0) is 0 Å². The highest BCUT2D eigenvalue weighted by Gasteiger charge is 2.47. The first-order valence-corrected chi connectivity index (χ1v) is 6.09. The van der Waals surface area contributed by atoms with Crippen LogP contribution >= 0.6 is 11.6 Å². The highest BCUT2D eigenvalue weighted by atomic mass is 35.5. The summed E-state index contributed by atoms with van der Waals surface area (Å²) < 4.78 is 0. The summed E-state index contributed by atoms with van der Waals surface area (Å²) in [6.45, 7) is 3.90. The summed E-state index contributed by atoms with van der Waals surface area (Å²) in [4.78, 5) is 10.3. The van der Waals surface area contributed by atoms with Crippen LogP contribution in [-0.4, -0.2) is 22.2 Å². The normalized spacial score (nSPS) is 25.3. The molecule has 1 saturated carbocycles. The van der Waals surface area contributed by atoms with Crippen LogP contribution in [0.25, 0.3) is 0 Å². The Labute approximate surface area is 110 Å². The van der Waals surface area contributed by atoms with Crippen LogP contribution in [0.15, 0.2) is 18.2 Å². The van der Waals surface area contributed by atoms with Crippen molar-refractivity contribution in [2.45, 2.75) is 32.4 Å². The third kappa shape index (κ3) is 2.04. The predicted molar refractivity (Wildman–Crippen MR) is 69.9 cm³/mol. The number of anilines is 1. The fourth-order valence-electron chi connectivity index (χ4n) is 2.11. The van der Waals surface area contributed by atoms with Crippen molar-refractivity contribution in [3.63, 3.8) is 0 Å². The van der Waals surface area contributed by atoms with Gasteiger partial charge in [-0.25, -0.2) is 0 Å². The SMILES string of the molecule is CC1(C)C(O)CC1Nc1cccc([N+](=O)[O-])c1Cl. The molecule has 0 spiro atoms. The molecular weight excluding hydrogens is 256 g/mol. The molecule has 0 saturated heterocycles. The number of hydrogen-bond acceptors (Lipinski definition) is 4. The summed E-state index contributed by atoms with van der Waals surface area (Å²) in [6, 6.07) is 4.73. The molecule has 1 aromatic carbocycles. The number of nitro groups is 1. The zero-order chi connectivity index (χ0) is 13.5. The fraction of sp³-hybridized carbons (Fsp3) is 0.500. The minimum Gasteiger partial charge on any atom is -0.392 e. The number of aliphatic hydroxyl groups is 1. The number of nitrogens with one attached hydrogen (secondary N) is 1. The van der Waals surface area contributed by atoms with E-state index in [4.69, 9.17) is 11.6 Å². The van der Waals surface area contributed by atoms with Gasteiger partial charge >= 0.3 is 0 Å². The maximum absolute atomic E-state index is 10.8. The summed E-state index contributed by atoms with van der Waals surface area (Å²) in [5.74, 6) is 0. The highest BCUT2D eigenvalue weighted by molar-refractivity contribution is 6.35. The molecule has 5 nitrogen and oxygen atoms in total. The molecule has 1 aliphatic carbocycles. The Bertz CT molecular complexity index is 490. The molecule has 18 heavy (non-hydrogen) atoms. The lowest BCUT2D eigenvalue weighted by atomic mass is 9.64. The quantitative estimate of drug-likeness (QED) is 0.654. The predicted octanol–water partition coefficient (Wildman–Crippen LogP) is 2.82. The Morgan fingerprint density at radius 2 is 2.22 bits per heavy atom. The van der Waals surface area contributed by atoms with Gasteiger partial charge in [0.25, 0.3) is 5.69 Å². The number of nitro benzene ring substituents is 1. The summed E-state index contributed by atoms with van der Waals surface area (Å²) in [6.07, 6.45) is 0.263. The number of hydrogen-bond donors (Lipinski definition) is 2. The molecule has 98 valence electrons. The van der Waals surface area contributed by atoms with Gasteiger partial charge < -0.3 is 10.4 Å². The minimum atomic E-state index is -0.506. The molecule has 0 radical (unpaired) electrons. The average molecular weight is 271 g/mol. The van der Waals surface area contributed by atoms with E-state index in [2.05, 4.69) is 5.32 Å². The lowest BCUT2D eigenvalue weighted by molar-refractivity contribution is -0.384. The Hall–Kier alpha value is -1.33. The molecule has 2 N–H and O–H groups in total. The van der Waals surface area contributed by atoms with Crippen molar-refractivity contribution in [3.05, 3.63) is 33.3 Å². The maximum atomic E-state index is 10.8. The van der Waals surface area contributed by atoms with Crippen LogP contribution in [0.4, 0.5) is 11.4 Å². The monoisotopic (exact) mass is 270 g/mol. The lowest BCUT2D eigenvalue weighted by Gasteiger charge is -2.49. The molecule has 0 amide bonds. The van der Waals surface area contributed by atoms with Crippen LogP contribution in [0.3, 0.4) is 0 Å². The van der Waals surface area contributed by atoms with Crippen molar-refractivity contribution in [1.29, 1.82) is 0 Å². The second kappa shape index (κ2) is 4.40. The van der Waals surface area contributed by atoms with Gasteiger partial charge in [0.05, 0.1) is 16.7 Å².